The van der Waals surface area contributed by atoms with Crippen LogP contribution in [0.25, 0.3) is 0 Å². The zero-order valence-electron chi connectivity index (χ0n) is 12.0. The lowest BCUT2D eigenvalue weighted by Gasteiger charge is -2.34. The molecule has 3 heteroatoms. The van der Waals surface area contributed by atoms with Crippen molar-refractivity contribution in [2.45, 2.75) is 64.7 Å². The summed E-state index contributed by atoms with van der Waals surface area (Å²) in [7, 11) is 0. The Balaban J connectivity index is 1.80. The van der Waals surface area contributed by atoms with E-state index in [1.165, 1.54) is 32.1 Å². The molecule has 0 spiro atoms. The Kier molecular flexibility index (Phi) is 5.93. The van der Waals surface area contributed by atoms with Crippen molar-refractivity contribution in [2.24, 2.45) is 11.8 Å². The van der Waals surface area contributed by atoms with Crippen molar-refractivity contribution in [3.8, 4) is 0 Å². The SMILES string of the molecule is CCNC(CC1OCCO1)C1CCC(CC)CC1. The van der Waals surface area contributed by atoms with Gasteiger partial charge in [-0.15, -0.1) is 0 Å². The standard InChI is InChI=1S/C15H29NO2/c1-3-12-5-7-13(8-6-12)14(16-4-2)11-15-17-9-10-18-15/h12-16H,3-11H2,1-2H3. The highest BCUT2D eigenvalue weighted by Crippen LogP contribution is 2.34. The van der Waals surface area contributed by atoms with Gasteiger partial charge in [0.2, 0.25) is 0 Å². The molecule has 0 radical (unpaired) electrons. The normalized spacial score (nSPS) is 31.7. The summed E-state index contributed by atoms with van der Waals surface area (Å²) in [5.41, 5.74) is 0. The lowest BCUT2D eigenvalue weighted by atomic mass is 9.77. The summed E-state index contributed by atoms with van der Waals surface area (Å²) in [4.78, 5) is 0. The van der Waals surface area contributed by atoms with Gasteiger partial charge in [0.05, 0.1) is 13.2 Å². The van der Waals surface area contributed by atoms with Gasteiger partial charge in [0, 0.05) is 12.5 Å². The molecule has 3 nitrogen and oxygen atoms in total. The molecule has 0 bridgehead atoms. The number of ether oxygens (including phenoxy) is 2. The van der Waals surface area contributed by atoms with Crippen molar-refractivity contribution in [1.82, 2.24) is 5.32 Å². The minimum atomic E-state index is 0.0398. The summed E-state index contributed by atoms with van der Waals surface area (Å²) < 4.78 is 11.2. The highest BCUT2D eigenvalue weighted by molar-refractivity contribution is 4.82. The molecule has 1 unspecified atom stereocenters. The Morgan fingerprint density at radius 3 is 2.28 bits per heavy atom. The summed E-state index contributed by atoms with van der Waals surface area (Å²) in [6, 6.07) is 0.580. The molecule has 0 aromatic rings. The van der Waals surface area contributed by atoms with Crippen molar-refractivity contribution in [3.63, 3.8) is 0 Å². The minimum absolute atomic E-state index is 0.0398. The first-order valence-corrected chi connectivity index (χ1v) is 7.80. The fraction of sp³-hybridized carbons (Fsp3) is 1.00. The van der Waals surface area contributed by atoms with Gasteiger partial charge in [0.25, 0.3) is 0 Å². The summed E-state index contributed by atoms with van der Waals surface area (Å²) in [6.07, 6.45) is 8.00. The van der Waals surface area contributed by atoms with Gasteiger partial charge in [0.1, 0.15) is 0 Å². The van der Waals surface area contributed by atoms with E-state index in [4.69, 9.17) is 9.47 Å². The Morgan fingerprint density at radius 2 is 1.72 bits per heavy atom. The quantitative estimate of drug-likeness (QED) is 0.791. The van der Waals surface area contributed by atoms with E-state index in [9.17, 15) is 0 Å². The van der Waals surface area contributed by atoms with Gasteiger partial charge in [-0.2, -0.15) is 0 Å². The first-order chi connectivity index (χ1) is 8.83. The van der Waals surface area contributed by atoms with Crippen LogP contribution in [-0.4, -0.2) is 32.1 Å². The number of hydrogen-bond donors (Lipinski definition) is 1. The van der Waals surface area contributed by atoms with Gasteiger partial charge in [-0.25, -0.2) is 0 Å². The van der Waals surface area contributed by atoms with Crippen molar-refractivity contribution in [1.29, 1.82) is 0 Å². The van der Waals surface area contributed by atoms with Gasteiger partial charge >= 0.3 is 0 Å². The highest BCUT2D eigenvalue weighted by atomic mass is 16.7. The molecule has 0 amide bonds. The van der Waals surface area contributed by atoms with Gasteiger partial charge in [-0.05, 0) is 31.2 Å². The molecule has 1 saturated heterocycles. The van der Waals surface area contributed by atoms with Crippen LogP contribution < -0.4 is 5.32 Å². The highest BCUT2D eigenvalue weighted by Gasteiger charge is 2.30. The van der Waals surface area contributed by atoms with Crippen molar-refractivity contribution in [3.05, 3.63) is 0 Å². The second-order valence-corrected chi connectivity index (χ2v) is 5.76. The molecule has 1 saturated carbocycles. The van der Waals surface area contributed by atoms with Crippen LogP contribution in [0.4, 0.5) is 0 Å². The molecule has 0 aromatic carbocycles. The van der Waals surface area contributed by atoms with E-state index in [0.29, 0.717) is 6.04 Å². The van der Waals surface area contributed by atoms with Crippen molar-refractivity contribution < 1.29 is 9.47 Å². The molecule has 2 aliphatic rings. The van der Waals surface area contributed by atoms with Crippen molar-refractivity contribution >= 4 is 0 Å². The fourth-order valence-electron chi connectivity index (χ4n) is 3.45. The molecular formula is C15H29NO2. The van der Waals surface area contributed by atoms with E-state index in [2.05, 4.69) is 19.2 Å². The van der Waals surface area contributed by atoms with Crippen LogP contribution in [0.2, 0.25) is 0 Å². The predicted molar refractivity (Wildman–Crippen MR) is 73.5 cm³/mol. The molecule has 1 aliphatic heterocycles. The summed E-state index contributed by atoms with van der Waals surface area (Å²) in [5, 5.41) is 3.65. The molecule has 2 fully saturated rings. The van der Waals surface area contributed by atoms with Crippen LogP contribution in [0.5, 0.6) is 0 Å². The van der Waals surface area contributed by atoms with Gasteiger partial charge in [0.15, 0.2) is 6.29 Å². The molecule has 106 valence electrons. The minimum Gasteiger partial charge on any atom is -0.350 e. The zero-order chi connectivity index (χ0) is 12.8. The van der Waals surface area contributed by atoms with Crippen LogP contribution in [0.3, 0.4) is 0 Å². The fourth-order valence-corrected chi connectivity index (χ4v) is 3.45. The molecule has 1 heterocycles. The lowest BCUT2D eigenvalue weighted by molar-refractivity contribution is -0.0579. The maximum atomic E-state index is 5.60. The first-order valence-electron chi connectivity index (χ1n) is 7.80. The third-order valence-electron chi connectivity index (χ3n) is 4.64. The van der Waals surface area contributed by atoms with E-state index in [0.717, 1.165) is 38.0 Å². The van der Waals surface area contributed by atoms with E-state index in [-0.39, 0.29) is 6.29 Å². The topological polar surface area (TPSA) is 30.5 Å². The molecule has 1 aliphatic carbocycles. The predicted octanol–water partition coefficient (Wildman–Crippen LogP) is 2.94. The molecule has 1 N–H and O–H groups in total. The van der Waals surface area contributed by atoms with Crippen LogP contribution in [0, 0.1) is 11.8 Å². The first kappa shape index (κ1) is 14.3. The van der Waals surface area contributed by atoms with E-state index in [1.54, 1.807) is 0 Å². The van der Waals surface area contributed by atoms with Crippen LogP contribution in [0.1, 0.15) is 52.4 Å². The monoisotopic (exact) mass is 255 g/mol. The van der Waals surface area contributed by atoms with Crippen LogP contribution in [0.15, 0.2) is 0 Å². The van der Waals surface area contributed by atoms with Gasteiger partial charge < -0.3 is 14.8 Å². The maximum absolute atomic E-state index is 5.60. The zero-order valence-corrected chi connectivity index (χ0v) is 12.0. The average molecular weight is 255 g/mol. The smallest absolute Gasteiger partial charge is 0.159 e. The van der Waals surface area contributed by atoms with E-state index >= 15 is 0 Å². The molecule has 2 rings (SSSR count). The van der Waals surface area contributed by atoms with Crippen LogP contribution >= 0.6 is 0 Å². The van der Waals surface area contributed by atoms with E-state index < -0.39 is 0 Å². The number of nitrogens with one attached hydrogen (secondary N) is 1. The number of rotatable bonds is 6. The summed E-state index contributed by atoms with van der Waals surface area (Å²) in [5.74, 6) is 1.79. The van der Waals surface area contributed by atoms with Gasteiger partial charge in [-0.3, -0.25) is 0 Å². The average Bonchev–Trinajstić information content (AvgIpc) is 2.91. The maximum Gasteiger partial charge on any atom is 0.159 e. The number of hydrogen-bond acceptors (Lipinski definition) is 3. The van der Waals surface area contributed by atoms with Crippen molar-refractivity contribution in [2.75, 3.05) is 19.8 Å². The largest absolute Gasteiger partial charge is 0.350 e. The second kappa shape index (κ2) is 7.46. The molecule has 18 heavy (non-hydrogen) atoms. The molecular weight excluding hydrogens is 226 g/mol. The Bertz CT molecular complexity index is 221. The molecule has 0 aromatic heterocycles. The second-order valence-electron chi connectivity index (χ2n) is 5.76. The summed E-state index contributed by atoms with van der Waals surface area (Å²) in [6.45, 7) is 7.11. The summed E-state index contributed by atoms with van der Waals surface area (Å²) >= 11 is 0. The van der Waals surface area contributed by atoms with Crippen LogP contribution in [-0.2, 0) is 9.47 Å². The Labute approximate surface area is 112 Å². The third kappa shape index (κ3) is 3.94. The Morgan fingerprint density at radius 1 is 1.06 bits per heavy atom. The molecule has 1 atom stereocenters. The lowest BCUT2D eigenvalue weighted by Crippen LogP contribution is -2.40. The Hall–Kier alpha value is -0.120. The third-order valence-corrected chi connectivity index (χ3v) is 4.64. The van der Waals surface area contributed by atoms with Gasteiger partial charge in [-0.1, -0.05) is 33.1 Å². The van der Waals surface area contributed by atoms with E-state index in [1.807, 2.05) is 0 Å².